The highest BCUT2D eigenvalue weighted by molar-refractivity contribution is 5.91. The molecule has 1 aromatic heterocycles. The van der Waals surface area contributed by atoms with E-state index in [4.69, 9.17) is 9.15 Å². The molecule has 9 nitrogen and oxygen atoms in total. The molecule has 4 rings (SSSR count). The van der Waals surface area contributed by atoms with Gasteiger partial charge in [-0.25, -0.2) is 4.79 Å². The summed E-state index contributed by atoms with van der Waals surface area (Å²) in [5, 5.41) is 13.5. The van der Waals surface area contributed by atoms with E-state index in [9.17, 15) is 19.7 Å². The van der Waals surface area contributed by atoms with Gasteiger partial charge in [-0.2, -0.15) is 0 Å². The number of nitrogens with one attached hydrogen (secondary N) is 1. The molecule has 0 aliphatic rings. The number of nitro benzene ring substituents is 1. The second-order valence-electron chi connectivity index (χ2n) is 6.35. The number of rotatable bonds is 6. The molecule has 1 amide bonds. The van der Waals surface area contributed by atoms with Crippen LogP contribution < -0.4 is 15.8 Å². The van der Waals surface area contributed by atoms with Gasteiger partial charge in [0.15, 0.2) is 5.58 Å². The molecule has 1 heterocycles. The van der Waals surface area contributed by atoms with Gasteiger partial charge in [0.25, 0.3) is 5.69 Å². The van der Waals surface area contributed by atoms with E-state index in [1.807, 2.05) is 30.3 Å². The van der Waals surface area contributed by atoms with Crippen molar-refractivity contribution in [2.45, 2.75) is 6.54 Å². The summed E-state index contributed by atoms with van der Waals surface area (Å²) in [5.74, 6) is 0.0840. The fourth-order valence-electron chi connectivity index (χ4n) is 2.89. The number of fused-ring (bicyclic) bond motifs is 1. The molecule has 30 heavy (non-hydrogen) atoms. The summed E-state index contributed by atoms with van der Waals surface area (Å²) in [7, 11) is 0. The first-order valence-electron chi connectivity index (χ1n) is 8.90. The van der Waals surface area contributed by atoms with E-state index >= 15 is 0 Å². The summed E-state index contributed by atoms with van der Waals surface area (Å²) in [6.45, 7) is -0.300. The quantitative estimate of drug-likeness (QED) is 0.384. The van der Waals surface area contributed by atoms with E-state index in [0.29, 0.717) is 22.7 Å². The third kappa shape index (κ3) is 4.04. The summed E-state index contributed by atoms with van der Waals surface area (Å²) in [6.07, 6.45) is 0. The van der Waals surface area contributed by atoms with Crippen molar-refractivity contribution in [2.75, 3.05) is 5.32 Å². The van der Waals surface area contributed by atoms with Crippen molar-refractivity contribution in [1.29, 1.82) is 0 Å². The maximum atomic E-state index is 12.4. The summed E-state index contributed by atoms with van der Waals surface area (Å²) < 4.78 is 11.8. The third-order valence-electron chi connectivity index (χ3n) is 4.28. The first kappa shape index (κ1) is 18.9. The second kappa shape index (κ2) is 7.92. The van der Waals surface area contributed by atoms with Gasteiger partial charge < -0.3 is 14.5 Å². The van der Waals surface area contributed by atoms with Gasteiger partial charge in [-0.05, 0) is 42.5 Å². The number of carbonyl (C=O) groups excluding carboxylic acids is 1. The Balaban J connectivity index is 1.45. The lowest BCUT2D eigenvalue weighted by molar-refractivity contribution is -0.384. The van der Waals surface area contributed by atoms with Crippen molar-refractivity contribution < 1.29 is 18.9 Å². The molecule has 4 aromatic rings. The number of para-hydroxylation sites is 1. The Morgan fingerprint density at radius 3 is 2.43 bits per heavy atom. The van der Waals surface area contributed by atoms with Crippen molar-refractivity contribution in [3.63, 3.8) is 0 Å². The maximum absolute atomic E-state index is 12.4. The highest BCUT2D eigenvalue weighted by Gasteiger charge is 2.16. The largest absolute Gasteiger partial charge is 0.457 e. The number of anilines is 1. The lowest BCUT2D eigenvalue weighted by atomic mass is 10.3. The number of carbonyl (C=O) groups is 1. The smallest absolute Gasteiger partial charge is 0.420 e. The molecule has 9 heteroatoms. The molecular weight excluding hydrogens is 390 g/mol. The van der Waals surface area contributed by atoms with Gasteiger partial charge in [-0.15, -0.1) is 0 Å². The van der Waals surface area contributed by atoms with Gasteiger partial charge in [0.2, 0.25) is 5.91 Å². The number of non-ortho nitro benzene ring substituents is 1. The molecule has 0 spiro atoms. The maximum Gasteiger partial charge on any atom is 0.420 e. The van der Waals surface area contributed by atoms with E-state index in [1.165, 1.54) is 12.1 Å². The Hall–Kier alpha value is -4.40. The number of nitro groups is 1. The van der Waals surface area contributed by atoms with Crippen molar-refractivity contribution in [2.24, 2.45) is 0 Å². The fourth-order valence-corrected chi connectivity index (χ4v) is 2.89. The van der Waals surface area contributed by atoms with Crippen LogP contribution in [-0.2, 0) is 11.3 Å². The number of hydrogen-bond donors (Lipinski definition) is 1. The number of benzene rings is 3. The van der Waals surface area contributed by atoms with Crippen LogP contribution in [0.4, 0.5) is 11.4 Å². The highest BCUT2D eigenvalue weighted by atomic mass is 16.6. The number of aromatic nitrogens is 1. The van der Waals surface area contributed by atoms with Gasteiger partial charge in [0.05, 0.1) is 16.5 Å². The van der Waals surface area contributed by atoms with Crippen LogP contribution in [0.25, 0.3) is 11.1 Å². The molecule has 3 aromatic carbocycles. The minimum Gasteiger partial charge on any atom is -0.457 e. The zero-order valence-electron chi connectivity index (χ0n) is 15.5. The molecule has 0 saturated heterocycles. The van der Waals surface area contributed by atoms with E-state index in [1.54, 1.807) is 24.3 Å². The molecule has 0 unspecified atom stereocenters. The number of hydrogen-bond acceptors (Lipinski definition) is 6. The highest BCUT2D eigenvalue weighted by Crippen LogP contribution is 2.23. The summed E-state index contributed by atoms with van der Waals surface area (Å²) >= 11 is 0. The van der Waals surface area contributed by atoms with E-state index < -0.39 is 16.6 Å². The number of ether oxygens (including phenoxy) is 1. The lowest BCUT2D eigenvalue weighted by Crippen LogP contribution is -2.24. The summed E-state index contributed by atoms with van der Waals surface area (Å²) in [6, 6.07) is 19.8. The van der Waals surface area contributed by atoms with Crippen LogP contribution in [0.2, 0.25) is 0 Å². The monoisotopic (exact) mass is 405 g/mol. The molecule has 0 fully saturated rings. The summed E-state index contributed by atoms with van der Waals surface area (Å²) in [4.78, 5) is 34.7. The lowest BCUT2D eigenvalue weighted by Gasteiger charge is -2.08. The normalized spacial score (nSPS) is 10.7. The van der Waals surface area contributed by atoms with Crippen LogP contribution in [0.5, 0.6) is 11.5 Å². The molecule has 0 atom stereocenters. The van der Waals surface area contributed by atoms with Crippen molar-refractivity contribution in [1.82, 2.24) is 4.57 Å². The Kier molecular flexibility index (Phi) is 5.00. The predicted octanol–water partition coefficient (Wildman–Crippen LogP) is 3.93. The minimum atomic E-state index is -0.771. The molecule has 1 N–H and O–H groups in total. The predicted molar refractivity (Wildman–Crippen MR) is 109 cm³/mol. The van der Waals surface area contributed by atoms with Crippen molar-refractivity contribution in [3.8, 4) is 11.5 Å². The van der Waals surface area contributed by atoms with E-state index in [-0.39, 0.29) is 17.8 Å². The average Bonchev–Trinajstić information content (AvgIpc) is 3.04. The van der Waals surface area contributed by atoms with Crippen LogP contribution >= 0.6 is 0 Å². The Labute approximate surface area is 169 Å². The van der Waals surface area contributed by atoms with E-state index in [2.05, 4.69) is 5.32 Å². The SMILES string of the molecule is O=C(Cn1c(=O)oc2cc([N+](=O)[O-])ccc21)Nc1ccc(Oc2ccccc2)cc1. The molecular formula is C21H15N3O6. The molecule has 150 valence electrons. The Bertz CT molecular complexity index is 1280. The van der Waals surface area contributed by atoms with Gasteiger partial charge in [-0.1, -0.05) is 18.2 Å². The molecule has 0 radical (unpaired) electrons. The van der Waals surface area contributed by atoms with E-state index in [0.717, 1.165) is 10.6 Å². The van der Waals surface area contributed by atoms with Crippen LogP contribution in [0.15, 0.2) is 82.0 Å². The van der Waals surface area contributed by atoms with Gasteiger partial charge in [0, 0.05) is 11.8 Å². The molecule has 0 saturated carbocycles. The topological polar surface area (TPSA) is 117 Å². The Morgan fingerprint density at radius 1 is 1.03 bits per heavy atom. The average molecular weight is 405 g/mol. The van der Waals surface area contributed by atoms with Crippen molar-refractivity contribution >= 4 is 28.4 Å². The first-order valence-corrected chi connectivity index (χ1v) is 8.90. The number of oxazole rings is 1. The molecule has 0 bridgehead atoms. The van der Waals surface area contributed by atoms with Crippen LogP contribution in [0.1, 0.15) is 0 Å². The Morgan fingerprint density at radius 2 is 1.73 bits per heavy atom. The van der Waals surface area contributed by atoms with Crippen molar-refractivity contribution in [3.05, 3.63) is 93.5 Å². The van der Waals surface area contributed by atoms with Crippen LogP contribution in [0.3, 0.4) is 0 Å². The fraction of sp³-hybridized carbons (Fsp3) is 0.0476. The minimum absolute atomic E-state index is 0.0458. The van der Waals surface area contributed by atoms with Gasteiger partial charge in [0.1, 0.15) is 18.0 Å². The van der Waals surface area contributed by atoms with Crippen LogP contribution in [0, 0.1) is 10.1 Å². The first-order chi connectivity index (χ1) is 14.5. The zero-order valence-corrected chi connectivity index (χ0v) is 15.5. The third-order valence-corrected chi connectivity index (χ3v) is 4.28. The van der Waals surface area contributed by atoms with Crippen LogP contribution in [-0.4, -0.2) is 15.4 Å². The second-order valence-corrected chi connectivity index (χ2v) is 6.35. The standard InChI is InChI=1S/C21H15N3O6/c25-20(13-23-18-11-8-15(24(27)28)12-19(18)30-21(23)26)22-14-6-9-17(10-7-14)29-16-4-2-1-3-5-16/h1-12H,13H2,(H,22,25). The van der Waals surface area contributed by atoms with Gasteiger partial charge >= 0.3 is 5.76 Å². The van der Waals surface area contributed by atoms with Gasteiger partial charge in [-0.3, -0.25) is 19.5 Å². The number of nitrogens with zero attached hydrogens (tertiary/aromatic N) is 2. The molecule has 0 aliphatic carbocycles. The zero-order chi connectivity index (χ0) is 21.1. The summed E-state index contributed by atoms with van der Waals surface area (Å²) in [5.41, 5.74) is 0.666. The number of amides is 1. The molecule has 0 aliphatic heterocycles.